The Morgan fingerprint density at radius 3 is 1.74 bits per heavy atom. The lowest BCUT2D eigenvalue weighted by atomic mass is 10.0. The molecule has 0 spiro atoms. The molecule has 0 fully saturated rings. The lowest BCUT2D eigenvalue weighted by Crippen LogP contribution is -2.04. The van der Waals surface area contributed by atoms with E-state index < -0.39 is 0 Å². The second kappa shape index (κ2) is 14.8. The van der Waals surface area contributed by atoms with Crippen LogP contribution in [0.15, 0.2) is 224 Å². The fraction of sp³-hybridized carbons (Fsp3) is 0. The zero-order valence-corrected chi connectivity index (χ0v) is 37.8. The second-order valence-electron chi connectivity index (χ2n) is 18.0. The van der Waals surface area contributed by atoms with Gasteiger partial charge in [0.25, 0.3) is 0 Å². The number of nitrogens with zero attached hydrogens (tertiary/aromatic N) is 5. The molecule has 0 radical (unpaired) electrons. The first-order valence-electron chi connectivity index (χ1n) is 23.3. The van der Waals surface area contributed by atoms with Crippen LogP contribution in [0.1, 0.15) is 0 Å². The summed E-state index contributed by atoms with van der Waals surface area (Å²) in [4.78, 5) is 16.7. The third-order valence-electron chi connectivity index (χ3n) is 14.1. The molecule has 0 aliphatic carbocycles. The summed E-state index contributed by atoms with van der Waals surface area (Å²) in [5, 5.41) is 14.2. The monoisotopic (exact) mass is 895 g/mol. The number of para-hydroxylation sites is 3. The van der Waals surface area contributed by atoms with Gasteiger partial charge in [-0.1, -0.05) is 164 Å². The van der Waals surface area contributed by atoms with E-state index in [2.05, 4.69) is 234 Å². The average Bonchev–Trinajstić information content (AvgIpc) is 4.07. The fourth-order valence-corrected chi connectivity index (χ4v) is 12.2. The van der Waals surface area contributed by atoms with E-state index in [4.69, 9.17) is 15.0 Å². The summed E-state index contributed by atoms with van der Waals surface area (Å²) in [6.07, 6.45) is 0. The van der Waals surface area contributed by atoms with Crippen LogP contribution >= 0.6 is 11.3 Å². The second-order valence-corrected chi connectivity index (χ2v) is 19.0. The number of fused-ring (bicyclic) bond motifs is 13. The molecule has 0 unspecified atom stereocenters. The van der Waals surface area contributed by atoms with E-state index in [0.29, 0.717) is 17.5 Å². The highest BCUT2D eigenvalue weighted by atomic mass is 32.1. The Morgan fingerprint density at radius 2 is 0.928 bits per heavy atom. The molecule has 5 nitrogen and oxygen atoms in total. The zero-order chi connectivity index (χ0) is 45.2. The van der Waals surface area contributed by atoms with Gasteiger partial charge >= 0.3 is 0 Å². The van der Waals surface area contributed by atoms with Gasteiger partial charge in [0.2, 0.25) is 0 Å². The zero-order valence-electron chi connectivity index (χ0n) is 37.0. The molecular weight excluding hydrogens is 859 g/mol. The van der Waals surface area contributed by atoms with Gasteiger partial charge in [-0.05, 0) is 93.0 Å². The number of hydrogen-bond acceptors (Lipinski definition) is 4. The Labute approximate surface area is 399 Å². The molecule has 15 aromatic rings. The topological polar surface area (TPSA) is 48.5 Å². The first-order valence-corrected chi connectivity index (χ1v) is 24.2. The maximum absolute atomic E-state index is 5.66. The van der Waals surface area contributed by atoms with Crippen molar-refractivity contribution in [2.45, 2.75) is 0 Å². The molecule has 0 aliphatic rings. The lowest BCUT2D eigenvalue weighted by Gasteiger charge is -2.16. The Bertz CT molecular complexity index is 4620. The van der Waals surface area contributed by atoms with Gasteiger partial charge in [-0.25, -0.2) is 15.0 Å². The Morgan fingerprint density at radius 1 is 0.319 bits per heavy atom. The van der Waals surface area contributed by atoms with E-state index in [-0.39, 0.29) is 0 Å². The van der Waals surface area contributed by atoms with E-state index in [9.17, 15) is 0 Å². The van der Waals surface area contributed by atoms with Crippen molar-refractivity contribution in [2.75, 3.05) is 0 Å². The van der Waals surface area contributed by atoms with Gasteiger partial charge in [0.1, 0.15) is 0 Å². The minimum Gasteiger partial charge on any atom is -0.309 e. The van der Waals surface area contributed by atoms with Gasteiger partial charge in [-0.2, -0.15) is 0 Å². The number of benzene rings is 11. The Balaban J connectivity index is 1.08. The van der Waals surface area contributed by atoms with Crippen LogP contribution in [0.25, 0.3) is 142 Å². The van der Waals surface area contributed by atoms with Crippen LogP contribution in [0.5, 0.6) is 0 Å². The number of thiophene rings is 1. The Hall–Kier alpha value is -8.97. The highest BCUT2D eigenvalue weighted by molar-refractivity contribution is 7.26. The maximum atomic E-state index is 5.66. The molecule has 0 saturated heterocycles. The molecule has 0 atom stereocenters. The maximum Gasteiger partial charge on any atom is 0.166 e. The number of hydrogen-bond donors (Lipinski definition) is 0. The SMILES string of the molecule is c1ccc(-n2c3ccccc3c3c(-c4nc(-c5ccc6ccccc6c5)nc(-c5cc6c(cc5-n5c7ccccc7c7cc8ccccc8cc75)sc5c7ccccc7ccc65)n4)cccc32)cc1. The molecule has 0 amide bonds. The summed E-state index contributed by atoms with van der Waals surface area (Å²) in [5.74, 6) is 1.84. The first-order chi connectivity index (χ1) is 34.2. The highest BCUT2D eigenvalue weighted by Gasteiger charge is 2.24. The normalized spacial score (nSPS) is 12.1. The van der Waals surface area contributed by atoms with Crippen molar-refractivity contribution in [1.29, 1.82) is 0 Å². The van der Waals surface area contributed by atoms with Gasteiger partial charge in [0.15, 0.2) is 17.5 Å². The smallest absolute Gasteiger partial charge is 0.166 e. The van der Waals surface area contributed by atoms with Crippen LogP contribution in [0.4, 0.5) is 0 Å². The van der Waals surface area contributed by atoms with E-state index in [1.54, 1.807) is 0 Å². The lowest BCUT2D eigenvalue weighted by molar-refractivity contribution is 1.07. The molecule has 11 aromatic carbocycles. The van der Waals surface area contributed by atoms with Crippen LogP contribution in [-0.2, 0) is 0 Å². The van der Waals surface area contributed by atoms with Crippen LogP contribution < -0.4 is 0 Å². The van der Waals surface area contributed by atoms with E-state index in [1.165, 1.54) is 52.5 Å². The van der Waals surface area contributed by atoms with Gasteiger partial charge in [0, 0.05) is 64.1 Å². The summed E-state index contributed by atoms with van der Waals surface area (Å²) < 4.78 is 7.27. The number of rotatable bonds is 5. The van der Waals surface area contributed by atoms with Crippen molar-refractivity contribution in [3.8, 4) is 45.5 Å². The van der Waals surface area contributed by atoms with Crippen molar-refractivity contribution in [1.82, 2.24) is 24.1 Å². The fourth-order valence-electron chi connectivity index (χ4n) is 11.0. The van der Waals surface area contributed by atoms with Gasteiger partial charge in [0.05, 0.1) is 27.8 Å². The third kappa shape index (κ3) is 5.79. The summed E-state index contributed by atoms with van der Waals surface area (Å²) in [6, 6.07) is 80.9. The molecule has 4 heterocycles. The van der Waals surface area contributed by atoms with Crippen LogP contribution in [0, 0.1) is 0 Å². The predicted octanol–water partition coefficient (Wildman–Crippen LogP) is 16.9. The van der Waals surface area contributed by atoms with E-state index >= 15 is 0 Å². The average molecular weight is 896 g/mol. The third-order valence-corrected chi connectivity index (χ3v) is 15.3. The quantitative estimate of drug-likeness (QED) is 0.173. The first kappa shape index (κ1) is 38.2. The molecule has 0 N–H and O–H groups in total. The summed E-state index contributed by atoms with van der Waals surface area (Å²) in [6.45, 7) is 0. The van der Waals surface area contributed by atoms with E-state index in [0.717, 1.165) is 71.7 Å². The molecule has 320 valence electrons. The number of aromatic nitrogens is 5. The van der Waals surface area contributed by atoms with Gasteiger partial charge < -0.3 is 9.13 Å². The van der Waals surface area contributed by atoms with Crippen molar-refractivity contribution >= 4 is 107 Å². The van der Waals surface area contributed by atoms with Crippen LogP contribution in [-0.4, -0.2) is 24.1 Å². The minimum atomic E-state index is 0.607. The largest absolute Gasteiger partial charge is 0.309 e. The van der Waals surface area contributed by atoms with Crippen LogP contribution in [0.2, 0.25) is 0 Å². The molecule has 0 aliphatic heterocycles. The van der Waals surface area contributed by atoms with E-state index in [1.807, 2.05) is 11.3 Å². The van der Waals surface area contributed by atoms with Gasteiger partial charge in [-0.3, -0.25) is 0 Å². The molecule has 4 aromatic heterocycles. The van der Waals surface area contributed by atoms with Crippen molar-refractivity contribution in [2.24, 2.45) is 0 Å². The molecular formula is C63H37N5S. The predicted molar refractivity (Wildman–Crippen MR) is 290 cm³/mol. The minimum absolute atomic E-state index is 0.607. The standard InChI is InChI=1S/C63H37N5S/c1-2-20-44(21-3-1)67-54-27-13-11-24-48(54)59-49(25-14-28-55(59)67)62-64-61(43-30-29-38-15-4-5-17-40(38)33-43)65-63(66-62)52-36-51-47-32-31-39-16-8-9-22-45(39)60(47)69-58(51)37-57(52)68-53-26-12-10-23-46(53)50-34-41-18-6-7-19-42(41)35-56(50)68/h1-37H. The molecule has 0 bridgehead atoms. The summed E-state index contributed by atoms with van der Waals surface area (Å²) in [7, 11) is 0. The van der Waals surface area contributed by atoms with Crippen molar-refractivity contribution < 1.29 is 0 Å². The highest BCUT2D eigenvalue weighted by Crippen LogP contribution is 2.45. The Kier molecular flexibility index (Phi) is 8.17. The summed E-state index contributed by atoms with van der Waals surface area (Å²) >= 11 is 1.86. The van der Waals surface area contributed by atoms with Crippen molar-refractivity contribution in [3.05, 3.63) is 224 Å². The molecule has 0 saturated carbocycles. The van der Waals surface area contributed by atoms with Gasteiger partial charge in [-0.15, -0.1) is 11.3 Å². The molecule has 69 heavy (non-hydrogen) atoms. The molecule has 15 rings (SSSR count). The molecule has 6 heteroatoms. The van der Waals surface area contributed by atoms with Crippen LogP contribution in [0.3, 0.4) is 0 Å². The van der Waals surface area contributed by atoms with Crippen molar-refractivity contribution in [3.63, 3.8) is 0 Å². The summed E-state index contributed by atoms with van der Waals surface area (Å²) in [5.41, 5.74) is 9.38.